The van der Waals surface area contributed by atoms with Crippen molar-refractivity contribution in [3.63, 3.8) is 0 Å². The summed E-state index contributed by atoms with van der Waals surface area (Å²) in [5.74, 6) is -9.51. The van der Waals surface area contributed by atoms with Crippen molar-refractivity contribution in [3.05, 3.63) is 334 Å². The summed E-state index contributed by atoms with van der Waals surface area (Å²) < 4.78 is 87.0. The number of rotatable bonds is 27. The molecule has 12 aromatic carbocycles. The number of carbonyl (C=O) groups excluding carboxylic acids is 6. The van der Waals surface area contributed by atoms with Crippen molar-refractivity contribution in [2.24, 2.45) is 0 Å². The molecule has 0 aliphatic carbocycles. The Kier molecular flexibility index (Phi) is 25.4. The van der Waals surface area contributed by atoms with Gasteiger partial charge in [-0.1, -0.05) is 182 Å². The Morgan fingerprint density at radius 1 is 0.252 bits per heavy atom. The molecule has 27 heteroatoms. The van der Waals surface area contributed by atoms with Crippen LogP contribution in [0, 0.1) is 56.7 Å². The molecule has 0 heterocycles. The summed E-state index contributed by atoms with van der Waals surface area (Å²) in [6.45, 7) is -1.17. The number of carbonyl (C=O) groups is 6. The summed E-state index contributed by atoms with van der Waals surface area (Å²) in [4.78, 5) is 82.6. The zero-order valence-electron chi connectivity index (χ0n) is 59.7. The van der Waals surface area contributed by atoms with Crippen molar-refractivity contribution in [2.75, 3.05) is 0 Å². The van der Waals surface area contributed by atoms with E-state index in [0.717, 1.165) is 24.3 Å². The topological polar surface area (TPSA) is 380 Å². The molecule has 0 aliphatic heterocycles. The average molecular weight is 1530 g/mol. The maximum atomic E-state index is 16.0. The van der Waals surface area contributed by atoms with Gasteiger partial charge in [-0.3, -0.25) is 4.79 Å². The second-order valence-corrected chi connectivity index (χ2v) is 23.8. The fourth-order valence-corrected chi connectivity index (χ4v) is 10.7. The number of phenolic OH excluding ortho intramolecular Hbond substituents is 1. The zero-order valence-corrected chi connectivity index (χ0v) is 59.7. The molecular weight excluding hydrogens is 1480 g/mol. The summed E-state index contributed by atoms with van der Waals surface area (Å²) in [5, 5.41) is 67.2. The molecule has 0 aliphatic rings. The quantitative estimate of drug-likeness (QED) is 0.0216. The van der Waals surface area contributed by atoms with E-state index in [1.807, 2.05) is 30.3 Å². The van der Waals surface area contributed by atoms with E-state index in [-0.39, 0.29) is 44.5 Å². The molecule has 115 heavy (non-hydrogen) atoms. The first-order chi connectivity index (χ1) is 56.1. The van der Waals surface area contributed by atoms with Gasteiger partial charge < -0.3 is 76.2 Å². The molecule has 0 unspecified atom stereocenters. The molecule has 27 nitrogen and oxygen atoms in total. The molecule has 0 radical (unpaired) electrons. The van der Waals surface area contributed by atoms with E-state index in [1.165, 1.54) is 91.0 Å². The minimum Gasteiger partial charge on any atom is -0.504 e. The third-order valence-electron chi connectivity index (χ3n) is 16.2. The van der Waals surface area contributed by atoms with Gasteiger partial charge >= 0.3 is 30.8 Å². The third-order valence-corrected chi connectivity index (χ3v) is 16.2. The lowest BCUT2D eigenvalue weighted by Crippen LogP contribution is -2.12. The maximum Gasteiger partial charge on any atom is 0.514 e. The number of hydrogen-bond acceptors (Lipinski definition) is 27. The van der Waals surface area contributed by atoms with Gasteiger partial charge in [-0.25, -0.2) is 24.0 Å². The van der Waals surface area contributed by atoms with Crippen LogP contribution in [0.1, 0.15) is 71.6 Å². The second kappa shape index (κ2) is 37.6. The number of nitrogens with zero attached hydrogens (tertiary/aromatic N) is 5. The molecule has 0 atom stereocenters. The highest BCUT2D eigenvalue weighted by Crippen LogP contribution is 2.51. The molecule has 0 fully saturated rings. The molecule has 564 valence electrons. The largest absolute Gasteiger partial charge is 0.514 e. The molecule has 0 amide bonds. The summed E-state index contributed by atoms with van der Waals surface area (Å²) in [5.41, 5.74) is -0.551. The highest BCUT2D eigenvalue weighted by Gasteiger charge is 2.31. The summed E-state index contributed by atoms with van der Waals surface area (Å²) in [6.07, 6.45) is -6.20. The summed E-state index contributed by atoms with van der Waals surface area (Å²) in [6, 6.07) is 75.9. The normalized spacial score (nSPS) is 10.3. The minimum atomic E-state index is -1.25. The minimum absolute atomic E-state index is 0.207. The Morgan fingerprint density at radius 2 is 0.487 bits per heavy atom. The van der Waals surface area contributed by atoms with Crippen molar-refractivity contribution in [3.8, 4) is 122 Å². The van der Waals surface area contributed by atoms with Gasteiger partial charge in [0.2, 0.25) is 11.5 Å². The van der Waals surface area contributed by atoms with E-state index in [4.69, 9.17) is 71.1 Å². The molecule has 0 aromatic heterocycles. The predicted molar refractivity (Wildman–Crippen MR) is 400 cm³/mol. The van der Waals surface area contributed by atoms with E-state index >= 15 is 4.79 Å². The van der Waals surface area contributed by atoms with E-state index in [1.54, 1.807) is 152 Å². The van der Waals surface area contributed by atoms with Crippen LogP contribution in [0.4, 0.5) is 24.0 Å². The molecular formula is C88H55N5O22. The van der Waals surface area contributed by atoms with E-state index < -0.39 is 156 Å². The van der Waals surface area contributed by atoms with Gasteiger partial charge in [0.05, 0.1) is 5.56 Å². The summed E-state index contributed by atoms with van der Waals surface area (Å²) >= 11 is 0. The number of ether oxygens (including phenoxy) is 15. The van der Waals surface area contributed by atoms with E-state index in [2.05, 4.69) is 0 Å². The highest BCUT2D eigenvalue weighted by atomic mass is 16.7. The van der Waals surface area contributed by atoms with Gasteiger partial charge in [0.1, 0.15) is 120 Å². The first-order valence-corrected chi connectivity index (χ1v) is 34.2. The zero-order chi connectivity index (χ0) is 80.4. The fourth-order valence-electron chi connectivity index (χ4n) is 10.7. The van der Waals surface area contributed by atoms with Crippen LogP contribution in [0.3, 0.4) is 0 Å². The highest BCUT2D eigenvalue weighted by molar-refractivity contribution is 6.12. The first-order valence-electron chi connectivity index (χ1n) is 34.2. The van der Waals surface area contributed by atoms with Crippen molar-refractivity contribution >= 4 is 36.6 Å². The number of aromatic hydroxyl groups is 1. The maximum absolute atomic E-state index is 16.0. The van der Waals surface area contributed by atoms with Crippen LogP contribution < -0.4 is 47.4 Å². The number of benzene rings is 12. The Bertz CT molecular complexity index is 5720. The van der Waals surface area contributed by atoms with Gasteiger partial charge in [0.15, 0.2) is 57.5 Å². The van der Waals surface area contributed by atoms with E-state index in [0.29, 0.717) is 27.8 Å². The SMILES string of the molecule is N#Cc1c(OC(=O)OCc2ccccc2)cccc1Oc1cc(C(=O)c2ccc(Oc3cccc(OC(=O)OCc4ccccc4)c3C#N)c(Oc3cccc(OC(=O)OCc4ccccc4)c3C#N)c2O)cc(Oc2cccc(OC(=O)OCc3ccccc3)c2C#N)c1Oc1cccc(OC(=O)OCc2ccccc2)c1C#N. The Morgan fingerprint density at radius 3 is 0.748 bits per heavy atom. The molecule has 12 rings (SSSR count). The van der Waals surface area contributed by atoms with E-state index in [9.17, 15) is 55.4 Å². The fraction of sp³-hybridized carbons (Fsp3) is 0.0568. The lowest BCUT2D eigenvalue weighted by molar-refractivity contribution is 0.0916. The lowest BCUT2D eigenvalue weighted by atomic mass is 10.0. The number of ketones is 1. The van der Waals surface area contributed by atoms with Gasteiger partial charge in [0, 0.05) is 5.56 Å². The van der Waals surface area contributed by atoms with Crippen LogP contribution in [0.5, 0.6) is 92.0 Å². The second-order valence-electron chi connectivity index (χ2n) is 23.8. The van der Waals surface area contributed by atoms with Crippen LogP contribution in [0.2, 0.25) is 0 Å². The van der Waals surface area contributed by atoms with Crippen LogP contribution >= 0.6 is 0 Å². The van der Waals surface area contributed by atoms with Gasteiger partial charge in [-0.05, 0) is 113 Å². The predicted octanol–water partition coefficient (Wildman–Crippen LogP) is 19.5. The van der Waals surface area contributed by atoms with Gasteiger partial charge in [-0.15, -0.1) is 0 Å². The van der Waals surface area contributed by atoms with Crippen molar-refractivity contribution in [2.45, 2.75) is 33.0 Å². The number of nitriles is 5. The van der Waals surface area contributed by atoms with Crippen molar-refractivity contribution < 1.29 is 105 Å². The number of phenols is 1. The standard InChI is InChI=1S/C88H55N5O22/c89-45-62-67(31-16-36-72(62)111-84(96)101-50-55-21-6-1-7-22-55)106-77-42-41-61(81(95)83(77)110-71-35-20-40-76(66(71)49-93)115-88(100)105-54-59-29-14-5-15-30-59)80(94)60-43-78(107-68-32-17-37-73(63(68)46-90)112-85(97)102-51-56-23-8-2-9-24-56)82(109-70-34-19-39-75(65(70)48-92)114-87(99)104-53-58-27-12-4-13-28-58)79(44-60)108-69-33-18-38-74(64(69)47-91)113-86(98)103-52-57-25-10-3-11-26-57/h1-44,95H,50-54H2. The molecule has 0 saturated carbocycles. The van der Waals surface area contributed by atoms with Crippen LogP contribution in [-0.4, -0.2) is 41.7 Å². The van der Waals surface area contributed by atoms with Crippen molar-refractivity contribution in [1.82, 2.24) is 0 Å². The third kappa shape index (κ3) is 20.0. The Labute approximate surface area is 653 Å². The lowest BCUT2D eigenvalue weighted by Gasteiger charge is -2.21. The van der Waals surface area contributed by atoms with Gasteiger partial charge in [0.25, 0.3) is 0 Å². The molecule has 12 aromatic rings. The molecule has 0 spiro atoms. The summed E-state index contributed by atoms with van der Waals surface area (Å²) in [7, 11) is 0. The average Bonchev–Trinajstić information content (AvgIpc) is 0.768. The van der Waals surface area contributed by atoms with Crippen LogP contribution in [-0.2, 0) is 56.7 Å². The van der Waals surface area contributed by atoms with Crippen LogP contribution in [0.15, 0.2) is 267 Å². The number of hydrogen-bond donors (Lipinski definition) is 1. The van der Waals surface area contributed by atoms with Crippen LogP contribution in [0.25, 0.3) is 0 Å². The Hall–Kier alpha value is -17.1. The monoisotopic (exact) mass is 1530 g/mol. The smallest absolute Gasteiger partial charge is 0.504 e. The van der Waals surface area contributed by atoms with Crippen molar-refractivity contribution in [1.29, 1.82) is 26.3 Å². The molecule has 0 saturated heterocycles. The molecule has 1 N–H and O–H groups in total. The Balaban J connectivity index is 1.00. The molecule has 0 bridgehead atoms. The van der Waals surface area contributed by atoms with Gasteiger partial charge in [-0.2, -0.15) is 26.3 Å². The first kappa shape index (κ1) is 77.5.